The number of hydrogen-bond donors (Lipinski definition) is 0. The number of ether oxygens (including phenoxy) is 2. The lowest BCUT2D eigenvalue weighted by molar-refractivity contribution is -0.274. The molecule has 1 rings (SSSR count). The number of hydrogen-bond acceptors (Lipinski definition) is 4. The summed E-state index contributed by atoms with van der Waals surface area (Å²) in [6.45, 7) is -0.189. The van der Waals surface area contributed by atoms with Gasteiger partial charge >= 0.3 is 6.36 Å². The van der Waals surface area contributed by atoms with Crippen LogP contribution in [0.15, 0.2) is 24.3 Å². The lowest BCUT2D eigenvalue weighted by Crippen LogP contribution is -2.17. The van der Waals surface area contributed by atoms with Gasteiger partial charge in [-0.25, -0.2) is 8.42 Å². The standard InChI is InChI=1S/C9H8ClF3O4S/c10-18(14,15)6-5-16-7-1-3-8(4-2-7)17-9(11,12)13/h1-4H,5-6H2. The molecule has 0 saturated heterocycles. The van der Waals surface area contributed by atoms with Gasteiger partial charge < -0.3 is 9.47 Å². The molecule has 0 bridgehead atoms. The number of rotatable bonds is 5. The molecular formula is C9H8ClF3O4S. The molecule has 0 atom stereocenters. The van der Waals surface area contributed by atoms with Crippen LogP contribution in [0.5, 0.6) is 11.5 Å². The van der Waals surface area contributed by atoms with Crippen LogP contribution in [0, 0.1) is 0 Å². The summed E-state index contributed by atoms with van der Waals surface area (Å²) in [5, 5.41) is 0. The summed E-state index contributed by atoms with van der Waals surface area (Å²) in [6, 6.07) is 4.56. The van der Waals surface area contributed by atoms with Crippen molar-refractivity contribution in [3.05, 3.63) is 24.3 Å². The Morgan fingerprint density at radius 3 is 2.06 bits per heavy atom. The number of alkyl halides is 3. The van der Waals surface area contributed by atoms with E-state index in [9.17, 15) is 21.6 Å². The minimum absolute atomic E-state index is 0.189. The van der Waals surface area contributed by atoms with Crippen LogP contribution in [0.3, 0.4) is 0 Å². The van der Waals surface area contributed by atoms with E-state index < -0.39 is 21.2 Å². The first-order valence-electron chi connectivity index (χ1n) is 4.57. The molecule has 0 unspecified atom stereocenters. The molecule has 0 aliphatic heterocycles. The van der Waals surface area contributed by atoms with Gasteiger partial charge in [-0.1, -0.05) is 0 Å². The van der Waals surface area contributed by atoms with Crippen molar-refractivity contribution >= 4 is 19.7 Å². The Bertz CT molecular complexity index is 484. The van der Waals surface area contributed by atoms with Crippen molar-refractivity contribution in [3.8, 4) is 11.5 Å². The molecule has 0 heterocycles. The van der Waals surface area contributed by atoms with Crippen molar-refractivity contribution in [2.45, 2.75) is 6.36 Å². The summed E-state index contributed by atoms with van der Waals surface area (Å²) in [7, 11) is 1.29. The Morgan fingerprint density at radius 1 is 1.11 bits per heavy atom. The molecule has 0 aromatic heterocycles. The molecule has 0 aliphatic carbocycles. The second-order valence-corrected chi connectivity index (χ2v) is 6.01. The highest BCUT2D eigenvalue weighted by Crippen LogP contribution is 2.24. The zero-order chi connectivity index (χ0) is 13.8. The average Bonchev–Trinajstić information content (AvgIpc) is 2.16. The van der Waals surface area contributed by atoms with Crippen LogP contribution < -0.4 is 9.47 Å². The molecule has 0 radical (unpaired) electrons. The number of halogens is 4. The monoisotopic (exact) mass is 304 g/mol. The van der Waals surface area contributed by atoms with E-state index in [0.717, 1.165) is 12.1 Å². The van der Waals surface area contributed by atoms with Crippen LogP contribution in [0.1, 0.15) is 0 Å². The maximum atomic E-state index is 11.8. The predicted octanol–water partition coefficient (Wildman–Crippen LogP) is 2.53. The minimum atomic E-state index is -4.75. The third-order valence-corrected chi connectivity index (χ3v) is 2.77. The molecule has 0 N–H and O–H groups in total. The summed E-state index contributed by atoms with van der Waals surface area (Å²) in [6.07, 6.45) is -4.75. The van der Waals surface area contributed by atoms with Gasteiger partial charge in [0, 0.05) is 10.7 Å². The maximum Gasteiger partial charge on any atom is 0.573 e. The summed E-state index contributed by atoms with van der Waals surface area (Å²) >= 11 is 0. The van der Waals surface area contributed by atoms with Gasteiger partial charge in [0.15, 0.2) is 0 Å². The fourth-order valence-corrected chi connectivity index (χ4v) is 1.47. The third-order valence-electron chi connectivity index (χ3n) is 1.65. The minimum Gasteiger partial charge on any atom is -0.492 e. The van der Waals surface area contributed by atoms with Crippen LogP contribution in [0.4, 0.5) is 13.2 Å². The van der Waals surface area contributed by atoms with E-state index in [0.29, 0.717) is 0 Å². The Balaban J connectivity index is 2.51. The SMILES string of the molecule is O=S(=O)(Cl)CCOc1ccc(OC(F)(F)F)cc1. The first-order valence-corrected chi connectivity index (χ1v) is 7.04. The van der Waals surface area contributed by atoms with Crippen LogP contribution in [-0.4, -0.2) is 27.1 Å². The summed E-state index contributed by atoms with van der Waals surface area (Å²) in [5.74, 6) is -0.570. The first kappa shape index (κ1) is 14.9. The van der Waals surface area contributed by atoms with E-state index in [1.54, 1.807) is 0 Å². The molecule has 9 heteroatoms. The second kappa shape index (κ2) is 5.66. The fourth-order valence-electron chi connectivity index (χ4n) is 0.997. The van der Waals surface area contributed by atoms with E-state index in [-0.39, 0.29) is 18.1 Å². The van der Waals surface area contributed by atoms with Gasteiger partial charge in [0.1, 0.15) is 18.1 Å². The van der Waals surface area contributed by atoms with Crippen LogP contribution in [-0.2, 0) is 9.05 Å². The zero-order valence-electron chi connectivity index (χ0n) is 8.78. The molecule has 18 heavy (non-hydrogen) atoms. The van der Waals surface area contributed by atoms with Crippen molar-refractivity contribution in [1.29, 1.82) is 0 Å². The summed E-state index contributed by atoms with van der Waals surface area (Å²) in [5.41, 5.74) is 0. The lowest BCUT2D eigenvalue weighted by atomic mass is 10.3. The van der Waals surface area contributed by atoms with Crippen molar-refractivity contribution in [3.63, 3.8) is 0 Å². The van der Waals surface area contributed by atoms with Crippen LogP contribution in [0.25, 0.3) is 0 Å². The molecule has 0 spiro atoms. The van der Waals surface area contributed by atoms with Gasteiger partial charge in [-0.2, -0.15) is 0 Å². The first-order chi connectivity index (χ1) is 8.16. The molecule has 4 nitrogen and oxygen atoms in total. The van der Waals surface area contributed by atoms with E-state index in [1.807, 2.05) is 0 Å². The Labute approximate surface area is 106 Å². The van der Waals surface area contributed by atoms with E-state index in [1.165, 1.54) is 12.1 Å². The van der Waals surface area contributed by atoms with Gasteiger partial charge in [-0.05, 0) is 24.3 Å². The Kier molecular flexibility index (Phi) is 4.69. The average molecular weight is 305 g/mol. The van der Waals surface area contributed by atoms with Gasteiger partial charge in [0.2, 0.25) is 9.05 Å². The highest BCUT2D eigenvalue weighted by atomic mass is 35.7. The highest BCUT2D eigenvalue weighted by Gasteiger charge is 2.30. The second-order valence-electron chi connectivity index (χ2n) is 3.11. The van der Waals surface area contributed by atoms with Gasteiger partial charge in [-0.3, -0.25) is 0 Å². The molecule has 1 aromatic carbocycles. The highest BCUT2D eigenvalue weighted by molar-refractivity contribution is 8.13. The molecule has 0 aliphatic rings. The summed E-state index contributed by atoms with van der Waals surface area (Å²) in [4.78, 5) is 0. The van der Waals surface area contributed by atoms with E-state index in [2.05, 4.69) is 4.74 Å². The predicted molar refractivity (Wildman–Crippen MR) is 58.3 cm³/mol. The lowest BCUT2D eigenvalue weighted by Gasteiger charge is -2.09. The molecule has 0 saturated carbocycles. The molecule has 1 aromatic rings. The van der Waals surface area contributed by atoms with Gasteiger partial charge in [0.05, 0.1) is 5.75 Å². The molecular weight excluding hydrogens is 297 g/mol. The molecule has 0 amide bonds. The van der Waals surface area contributed by atoms with Crippen LogP contribution >= 0.6 is 10.7 Å². The zero-order valence-corrected chi connectivity index (χ0v) is 10.3. The van der Waals surface area contributed by atoms with Crippen molar-refractivity contribution in [2.24, 2.45) is 0 Å². The van der Waals surface area contributed by atoms with Gasteiger partial charge in [-0.15, -0.1) is 13.2 Å². The van der Waals surface area contributed by atoms with Crippen molar-refractivity contribution in [1.82, 2.24) is 0 Å². The quantitative estimate of drug-likeness (QED) is 0.784. The van der Waals surface area contributed by atoms with E-state index in [4.69, 9.17) is 15.4 Å². The van der Waals surface area contributed by atoms with Crippen LogP contribution in [0.2, 0.25) is 0 Å². The Hall–Kier alpha value is -1.15. The summed E-state index contributed by atoms with van der Waals surface area (Å²) < 4.78 is 65.3. The topological polar surface area (TPSA) is 52.6 Å². The fraction of sp³-hybridized carbons (Fsp3) is 0.333. The van der Waals surface area contributed by atoms with Crippen molar-refractivity contribution < 1.29 is 31.1 Å². The normalized spacial score (nSPS) is 12.2. The molecule has 102 valence electrons. The maximum absolute atomic E-state index is 11.8. The largest absolute Gasteiger partial charge is 0.573 e. The van der Waals surface area contributed by atoms with Crippen molar-refractivity contribution in [2.75, 3.05) is 12.4 Å². The van der Waals surface area contributed by atoms with Gasteiger partial charge in [0.25, 0.3) is 0 Å². The van der Waals surface area contributed by atoms with E-state index >= 15 is 0 Å². The number of benzene rings is 1. The third kappa shape index (κ3) is 6.55. The Morgan fingerprint density at radius 2 is 1.61 bits per heavy atom. The molecule has 0 fully saturated rings. The smallest absolute Gasteiger partial charge is 0.492 e.